The van der Waals surface area contributed by atoms with E-state index in [1.807, 2.05) is 25.1 Å². The highest BCUT2D eigenvalue weighted by Gasteiger charge is 2.24. The zero-order chi connectivity index (χ0) is 17.4. The molecule has 0 bridgehead atoms. The van der Waals surface area contributed by atoms with Gasteiger partial charge in [0.2, 0.25) is 0 Å². The first-order valence-electron chi connectivity index (χ1n) is 8.22. The summed E-state index contributed by atoms with van der Waals surface area (Å²) in [6.45, 7) is 2.42. The molecule has 0 aliphatic heterocycles. The summed E-state index contributed by atoms with van der Waals surface area (Å²) >= 11 is 1.49. The summed E-state index contributed by atoms with van der Waals surface area (Å²) < 4.78 is 11.3. The van der Waals surface area contributed by atoms with E-state index in [4.69, 9.17) is 9.15 Å². The van der Waals surface area contributed by atoms with Gasteiger partial charge in [0.1, 0.15) is 11.1 Å². The van der Waals surface area contributed by atoms with Gasteiger partial charge in [0.05, 0.1) is 12.2 Å². The van der Waals surface area contributed by atoms with Gasteiger partial charge in [-0.3, -0.25) is 4.79 Å². The number of nitrogens with one attached hydrogen (secondary N) is 1. The number of benzene rings is 1. The third kappa shape index (κ3) is 2.67. The van der Waals surface area contributed by atoms with E-state index in [-0.39, 0.29) is 11.7 Å². The molecule has 2 aromatic heterocycles. The Hall–Kier alpha value is -2.78. The van der Waals surface area contributed by atoms with Crippen LogP contribution in [-0.4, -0.2) is 12.5 Å². The summed E-state index contributed by atoms with van der Waals surface area (Å²) in [7, 11) is 0. The first-order valence-corrected chi connectivity index (χ1v) is 9.04. The normalized spacial score (nSPS) is 12.8. The second-order valence-corrected chi connectivity index (χ2v) is 6.95. The van der Waals surface area contributed by atoms with Crippen LogP contribution in [0.3, 0.4) is 0 Å². The monoisotopic (exact) mass is 352 g/mol. The van der Waals surface area contributed by atoms with Crippen molar-refractivity contribution < 1.29 is 13.9 Å². The van der Waals surface area contributed by atoms with E-state index < -0.39 is 0 Å². The van der Waals surface area contributed by atoms with Crippen LogP contribution in [-0.2, 0) is 12.8 Å². The van der Waals surface area contributed by atoms with E-state index in [2.05, 4.69) is 11.4 Å². The number of amides is 1. The van der Waals surface area contributed by atoms with Crippen molar-refractivity contribution in [2.24, 2.45) is 0 Å². The van der Waals surface area contributed by atoms with Gasteiger partial charge in [-0.25, -0.2) is 0 Å². The number of hydrogen-bond donors (Lipinski definition) is 1. The Morgan fingerprint density at radius 3 is 3.12 bits per heavy atom. The lowest BCUT2D eigenvalue weighted by Gasteiger charge is -2.03. The lowest BCUT2D eigenvalue weighted by atomic mass is 10.1. The van der Waals surface area contributed by atoms with Crippen LogP contribution in [0.1, 0.15) is 39.9 Å². The largest absolute Gasteiger partial charge is 0.490 e. The average molecular weight is 352 g/mol. The van der Waals surface area contributed by atoms with Gasteiger partial charge in [-0.05, 0) is 43.9 Å². The molecule has 3 aromatic rings. The SMILES string of the molecule is CCOc1cccc2cc(C(=O)Nc3sc4c(c3C#N)CCC4)oc12. The minimum Gasteiger partial charge on any atom is -0.490 e. The number of para-hydroxylation sites is 1. The van der Waals surface area contributed by atoms with Crippen LogP contribution >= 0.6 is 11.3 Å². The lowest BCUT2D eigenvalue weighted by Crippen LogP contribution is -2.10. The third-order valence-electron chi connectivity index (χ3n) is 4.29. The molecule has 1 aliphatic carbocycles. The minimum absolute atomic E-state index is 0.208. The molecule has 0 saturated heterocycles. The van der Waals surface area contributed by atoms with Crippen LogP contribution in [0.15, 0.2) is 28.7 Å². The maximum Gasteiger partial charge on any atom is 0.292 e. The van der Waals surface area contributed by atoms with E-state index in [1.54, 1.807) is 6.07 Å². The molecule has 0 fully saturated rings. The van der Waals surface area contributed by atoms with Crippen molar-refractivity contribution in [1.82, 2.24) is 0 Å². The highest BCUT2D eigenvalue weighted by atomic mass is 32.1. The van der Waals surface area contributed by atoms with Crippen LogP contribution < -0.4 is 10.1 Å². The summed E-state index contributed by atoms with van der Waals surface area (Å²) in [6, 6.07) is 9.48. The smallest absolute Gasteiger partial charge is 0.292 e. The molecular formula is C19H16N2O3S. The fraction of sp³-hybridized carbons (Fsp3) is 0.263. The number of anilines is 1. The maximum absolute atomic E-state index is 12.6. The number of aryl methyl sites for hydroxylation is 1. The van der Waals surface area contributed by atoms with Crippen LogP contribution in [0.25, 0.3) is 11.0 Å². The Labute approximate surface area is 148 Å². The summed E-state index contributed by atoms with van der Waals surface area (Å²) in [5.41, 5.74) is 2.24. The van der Waals surface area contributed by atoms with Crippen LogP contribution in [0, 0.1) is 11.3 Å². The van der Waals surface area contributed by atoms with Gasteiger partial charge < -0.3 is 14.5 Å². The molecule has 0 spiro atoms. The number of carbonyl (C=O) groups excluding carboxylic acids is 1. The van der Waals surface area contributed by atoms with E-state index in [9.17, 15) is 10.1 Å². The van der Waals surface area contributed by atoms with Crippen molar-refractivity contribution in [3.8, 4) is 11.8 Å². The van der Waals surface area contributed by atoms with Crippen LogP contribution in [0.4, 0.5) is 5.00 Å². The quantitative estimate of drug-likeness (QED) is 0.750. The van der Waals surface area contributed by atoms with Gasteiger partial charge >= 0.3 is 0 Å². The lowest BCUT2D eigenvalue weighted by molar-refractivity contribution is 0.0999. The van der Waals surface area contributed by atoms with E-state index in [1.165, 1.54) is 16.2 Å². The molecule has 126 valence electrons. The van der Waals surface area contributed by atoms with Gasteiger partial charge in [-0.2, -0.15) is 5.26 Å². The molecule has 0 unspecified atom stereocenters. The number of thiophene rings is 1. The Balaban J connectivity index is 1.65. The number of nitrogens with zero attached hydrogens (tertiary/aromatic N) is 1. The van der Waals surface area contributed by atoms with Crippen LogP contribution in [0.5, 0.6) is 5.75 Å². The Kier molecular flexibility index (Phi) is 3.94. The Morgan fingerprint density at radius 1 is 1.44 bits per heavy atom. The first-order chi connectivity index (χ1) is 12.2. The molecule has 4 rings (SSSR count). The Bertz CT molecular complexity index is 1010. The summed E-state index contributed by atoms with van der Waals surface area (Å²) in [6.07, 6.45) is 2.97. The van der Waals surface area contributed by atoms with E-state index in [0.717, 1.165) is 30.2 Å². The average Bonchev–Trinajstić information content (AvgIpc) is 3.28. The van der Waals surface area contributed by atoms with Gasteiger partial charge in [-0.15, -0.1) is 11.3 Å². The van der Waals surface area contributed by atoms with E-state index >= 15 is 0 Å². The third-order valence-corrected chi connectivity index (χ3v) is 5.50. The molecule has 1 aromatic carbocycles. The fourth-order valence-electron chi connectivity index (χ4n) is 3.19. The number of ether oxygens (including phenoxy) is 1. The van der Waals surface area contributed by atoms with Crippen LogP contribution in [0.2, 0.25) is 0 Å². The van der Waals surface area contributed by atoms with Crippen molar-refractivity contribution in [3.05, 3.63) is 46.0 Å². The standard InChI is InChI=1S/C19H16N2O3S/c1-2-23-14-7-3-5-11-9-15(24-17(11)14)18(22)21-19-13(10-20)12-6-4-8-16(12)25-19/h3,5,7,9H,2,4,6,8H2,1H3,(H,21,22). The molecule has 6 heteroatoms. The topological polar surface area (TPSA) is 75.3 Å². The molecule has 0 radical (unpaired) electrons. The number of nitriles is 1. The summed E-state index contributed by atoms with van der Waals surface area (Å²) in [4.78, 5) is 13.8. The predicted molar refractivity (Wildman–Crippen MR) is 96.4 cm³/mol. The number of fused-ring (bicyclic) bond motifs is 2. The second-order valence-electron chi connectivity index (χ2n) is 5.85. The molecular weight excluding hydrogens is 336 g/mol. The molecule has 1 amide bonds. The Morgan fingerprint density at radius 2 is 2.32 bits per heavy atom. The van der Waals surface area contributed by atoms with Crippen molar-refractivity contribution in [2.45, 2.75) is 26.2 Å². The minimum atomic E-state index is -0.352. The van der Waals surface area contributed by atoms with Crippen molar-refractivity contribution in [1.29, 1.82) is 5.26 Å². The highest BCUT2D eigenvalue weighted by molar-refractivity contribution is 7.16. The van der Waals surface area contributed by atoms with Crippen molar-refractivity contribution in [3.63, 3.8) is 0 Å². The first kappa shape index (κ1) is 15.7. The number of hydrogen-bond acceptors (Lipinski definition) is 5. The molecule has 0 saturated carbocycles. The summed E-state index contributed by atoms with van der Waals surface area (Å²) in [5.74, 6) is 0.474. The van der Waals surface area contributed by atoms with Gasteiger partial charge in [0, 0.05) is 10.3 Å². The van der Waals surface area contributed by atoms with Gasteiger partial charge in [0.15, 0.2) is 17.1 Å². The molecule has 1 aliphatic rings. The van der Waals surface area contributed by atoms with Gasteiger partial charge in [0.25, 0.3) is 5.91 Å². The van der Waals surface area contributed by atoms with Gasteiger partial charge in [-0.1, -0.05) is 12.1 Å². The molecule has 0 atom stereocenters. The summed E-state index contributed by atoms with van der Waals surface area (Å²) in [5, 5.41) is 13.7. The second kappa shape index (κ2) is 6.26. The van der Waals surface area contributed by atoms with Crippen molar-refractivity contribution >= 4 is 33.2 Å². The zero-order valence-electron chi connectivity index (χ0n) is 13.7. The predicted octanol–water partition coefficient (Wildman–Crippen LogP) is 4.51. The maximum atomic E-state index is 12.6. The number of furan rings is 1. The molecule has 1 N–H and O–H groups in total. The van der Waals surface area contributed by atoms with E-state index in [0.29, 0.717) is 28.5 Å². The number of rotatable bonds is 4. The van der Waals surface area contributed by atoms with Crippen molar-refractivity contribution in [2.75, 3.05) is 11.9 Å². The fourth-order valence-corrected chi connectivity index (χ4v) is 4.43. The molecule has 5 nitrogen and oxygen atoms in total. The number of carbonyl (C=O) groups is 1. The molecule has 25 heavy (non-hydrogen) atoms. The highest BCUT2D eigenvalue weighted by Crippen LogP contribution is 2.39. The molecule has 2 heterocycles. The zero-order valence-corrected chi connectivity index (χ0v) is 14.5.